The fourth-order valence-electron chi connectivity index (χ4n) is 1.25. The Morgan fingerprint density at radius 2 is 2.07 bits per heavy atom. The summed E-state index contributed by atoms with van der Waals surface area (Å²) in [5.74, 6) is -0.137. The van der Waals surface area contributed by atoms with Crippen molar-refractivity contribution in [1.82, 2.24) is 9.97 Å². The monoisotopic (exact) mass is 188 g/mol. The summed E-state index contributed by atoms with van der Waals surface area (Å²) in [7, 11) is 0. The van der Waals surface area contributed by atoms with Gasteiger partial charge >= 0.3 is 0 Å². The predicted octanol–water partition coefficient (Wildman–Crippen LogP) is 1.13. The van der Waals surface area contributed by atoms with E-state index < -0.39 is 0 Å². The molecule has 1 aromatic heterocycles. The molecule has 2 rings (SSSR count). The molecule has 0 fully saturated rings. The van der Waals surface area contributed by atoms with Crippen molar-refractivity contribution in [1.29, 1.82) is 0 Å². The van der Waals surface area contributed by atoms with Crippen LogP contribution in [0.25, 0.3) is 10.9 Å². The van der Waals surface area contributed by atoms with Gasteiger partial charge in [-0.15, -0.1) is 0 Å². The van der Waals surface area contributed by atoms with Crippen LogP contribution < -0.4 is 5.56 Å². The summed E-state index contributed by atoms with van der Waals surface area (Å²) in [4.78, 5) is 28.9. The van der Waals surface area contributed by atoms with Crippen LogP contribution in [-0.2, 0) is 0 Å². The molecule has 0 atom stereocenters. The molecule has 2 aromatic rings. The number of benzene rings is 1. The molecule has 0 saturated heterocycles. The number of ketones is 1. The van der Waals surface area contributed by atoms with Crippen LogP contribution in [0.3, 0.4) is 0 Å². The van der Waals surface area contributed by atoms with Gasteiger partial charge < -0.3 is 4.98 Å². The van der Waals surface area contributed by atoms with Gasteiger partial charge in [0.2, 0.25) is 0 Å². The van der Waals surface area contributed by atoms with E-state index in [2.05, 4.69) is 9.97 Å². The average molecular weight is 188 g/mol. The van der Waals surface area contributed by atoms with E-state index in [1.807, 2.05) is 0 Å². The molecule has 0 radical (unpaired) electrons. The third-order valence-corrected chi connectivity index (χ3v) is 1.95. The number of aromatic amines is 1. The maximum atomic E-state index is 11.5. The number of aromatic nitrogens is 2. The van der Waals surface area contributed by atoms with Gasteiger partial charge in [-0.25, -0.2) is 4.98 Å². The van der Waals surface area contributed by atoms with E-state index in [0.717, 1.165) is 0 Å². The number of hydrogen-bond donors (Lipinski definition) is 1. The fourth-order valence-corrected chi connectivity index (χ4v) is 1.25. The summed E-state index contributed by atoms with van der Waals surface area (Å²) >= 11 is 0. The molecule has 14 heavy (non-hydrogen) atoms. The van der Waals surface area contributed by atoms with Crippen LogP contribution >= 0.6 is 0 Å². The number of hydrogen-bond acceptors (Lipinski definition) is 3. The van der Waals surface area contributed by atoms with Crippen molar-refractivity contribution in [3.8, 4) is 0 Å². The molecule has 70 valence electrons. The van der Waals surface area contributed by atoms with Crippen LogP contribution in [0, 0.1) is 0 Å². The predicted molar refractivity (Wildman–Crippen MR) is 52.4 cm³/mol. The second-order valence-electron chi connectivity index (χ2n) is 2.99. The molecule has 4 heteroatoms. The van der Waals surface area contributed by atoms with Gasteiger partial charge in [-0.3, -0.25) is 9.59 Å². The zero-order valence-electron chi connectivity index (χ0n) is 7.57. The van der Waals surface area contributed by atoms with Gasteiger partial charge in [0.25, 0.3) is 5.56 Å². The first kappa shape index (κ1) is 8.62. The molecular weight excluding hydrogens is 180 g/mol. The quantitative estimate of drug-likeness (QED) is 0.682. The van der Waals surface area contributed by atoms with Crippen molar-refractivity contribution >= 4 is 16.7 Å². The lowest BCUT2D eigenvalue weighted by molar-refractivity contribution is 0.100. The number of carbonyl (C=O) groups excluding carboxylic acids is 1. The molecule has 0 aliphatic heterocycles. The number of carbonyl (C=O) groups is 1. The highest BCUT2D eigenvalue weighted by atomic mass is 16.1. The molecular formula is C10H8N2O2. The summed E-state index contributed by atoms with van der Waals surface area (Å²) in [6.45, 7) is 1.37. The van der Waals surface area contributed by atoms with Crippen molar-refractivity contribution in [2.45, 2.75) is 6.92 Å². The standard InChI is InChI=1S/C10H8N2O2/c1-6(13)9-11-8-5-3-2-4-7(8)10(14)12-9/h2-5H,1H3,(H,11,12,14). The Kier molecular flexibility index (Phi) is 1.89. The average Bonchev–Trinajstić information content (AvgIpc) is 2.17. The maximum Gasteiger partial charge on any atom is 0.259 e. The lowest BCUT2D eigenvalue weighted by atomic mass is 10.2. The summed E-state index contributed by atoms with van der Waals surface area (Å²) in [6.07, 6.45) is 0. The van der Waals surface area contributed by atoms with E-state index in [0.29, 0.717) is 10.9 Å². The summed E-state index contributed by atoms with van der Waals surface area (Å²) in [6, 6.07) is 6.91. The molecule has 0 spiro atoms. The Morgan fingerprint density at radius 3 is 2.79 bits per heavy atom. The minimum Gasteiger partial charge on any atom is -0.303 e. The van der Waals surface area contributed by atoms with E-state index in [4.69, 9.17) is 0 Å². The molecule has 4 nitrogen and oxygen atoms in total. The Balaban J connectivity index is 2.86. The molecule has 0 unspecified atom stereocenters. The van der Waals surface area contributed by atoms with Crippen molar-refractivity contribution in [3.05, 3.63) is 40.4 Å². The Morgan fingerprint density at radius 1 is 1.36 bits per heavy atom. The highest BCUT2D eigenvalue weighted by molar-refractivity contribution is 5.92. The number of H-pyrrole nitrogens is 1. The molecule has 0 saturated carbocycles. The van der Waals surface area contributed by atoms with Gasteiger partial charge in [0, 0.05) is 6.92 Å². The van der Waals surface area contributed by atoms with Crippen LogP contribution in [0.5, 0.6) is 0 Å². The van der Waals surface area contributed by atoms with Gasteiger partial charge in [-0.05, 0) is 12.1 Å². The van der Waals surface area contributed by atoms with E-state index >= 15 is 0 Å². The van der Waals surface area contributed by atoms with Gasteiger partial charge in [0.05, 0.1) is 10.9 Å². The van der Waals surface area contributed by atoms with Crippen LogP contribution in [0.2, 0.25) is 0 Å². The summed E-state index contributed by atoms with van der Waals surface area (Å²) in [5.41, 5.74) is 0.266. The zero-order chi connectivity index (χ0) is 10.1. The Bertz CT molecular complexity index is 557. The first-order valence-electron chi connectivity index (χ1n) is 4.18. The molecule has 1 N–H and O–H groups in total. The molecule has 0 bridgehead atoms. The lowest BCUT2D eigenvalue weighted by Gasteiger charge is -1.98. The summed E-state index contributed by atoms with van der Waals surface area (Å²) in [5, 5.41) is 0.498. The van der Waals surface area contributed by atoms with E-state index in [9.17, 15) is 9.59 Å². The van der Waals surface area contributed by atoms with Crippen LogP contribution in [0.15, 0.2) is 29.1 Å². The third kappa shape index (κ3) is 1.31. The number of Topliss-reactive ketones (excluding diaryl/α,β-unsaturated/α-hetero) is 1. The number of para-hydroxylation sites is 1. The zero-order valence-corrected chi connectivity index (χ0v) is 7.57. The highest BCUT2D eigenvalue weighted by Gasteiger charge is 2.05. The number of rotatable bonds is 1. The second kappa shape index (κ2) is 3.06. The van der Waals surface area contributed by atoms with Gasteiger partial charge in [-0.1, -0.05) is 12.1 Å². The van der Waals surface area contributed by atoms with Crippen LogP contribution in [0.1, 0.15) is 17.5 Å². The van der Waals surface area contributed by atoms with Gasteiger partial charge in [0.1, 0.15) is 0 Å². The van der Waals surface area contributed by atoms with E-state index in [1.54, 1.807) is 24.3 Å². The Labute approximate surface area is 79.6 Å². The topological polar surface area (TPSA) is 62.8 Å². The van der Waals surface area contributed by atoms with E-state index in [1.165, 1.54) is 6.92 Å². The number of nitrogens with zero attached hydrogens (tertiary/aromatic N) is 1. The Hall–Kier alpha value is -1.97. The SMILES string of the molecule is CC(=O)c1nc2ccccc2c(=O)[nH]1. The van der Waals surface area contributed by atoms with Crippen molar-refractivity contribution in [2.24, 2.45) is 0 Å². The first-order chi connectivity index (χ1) is 6.68. The largest absolute Gasteiger partial charge is 0.303 e. The molecule has 1 heterocycles. The second-order valence-corrected chi connectivity index (χ2v) is 2.99. The molecule has 0 aliphatic rings. The number of nitrogens with one attached hydrogen (secondary N) is 1. The third-order valence-electron chi connectivity index (χ3n) is 1.95. The minimum atomic E-state index is -0.277. The highest BCUT2D eigenvalue weighted by Crippen LogP contribution is 2.05. The number of fused-ring (bicyclic) bond motifs is 1. The van der Waals surface area contributed by atoms with Gasteiger partial charge in [0.15, 0.2) is 11.6 Å². The normalized spacial score (nSPS) is 10.4. The molecule has 0 aliphatic carbocycles. The molecule has 1 aromatic carbocycles. The smallest absolute Gasteiger partial charge is 0.259 e. The van der Waals surface area contributed by atoms with Gasteiger partial charge in [-0.2, -0.15) is 0 Å². The van der Waals surface area contributed by atoms with Crippen LogP contribution in [0.4, 0.5) is 0 Å². The fraction of sp³-hybridized carbons (Fsp3) is 0.100. The van der Waals surface area contributed by atoms with Crippen molar-refractivity contribution in [2.75, 3.05) is 0 Å². The minimum absolute atomic E-state index is 0.105. The van der Waals surface area contributed by atoms with Crippen LogP contribution in [-0.4, -0.2) is 15.8 Å². The maximum absolute atomic E-state index is 11.5. The first-order valence-corrected chi connectivity index (χ1v) is 4.18. The molecule has 0 amide bonds. The van der Waals surface area contributed by atoms with Crippen molar-refractivity contribution in [3.63, 3.8) is 0 Å². The van der Waals surface area contributed by atoms with E-state index in [-0.39, 0.29) is 17.2 Å². The van der Waals surface area contributed by atoms with Crippen molar-refractivity contribution < 1.29 is 4.79 Å². The summed E-state index contributed by atoms with van der Waals surface area (Å²) < 4.78 is 0. The lowest BCUT2D eigenvalue weighted by Crippen LogP contribution is -2.14.